The maximum Gasteiger partial charge on any atom is 0.417 e. The number of benzene rings is 2. The number of hydrogen-bond donors (Lipinski definition) is 3. The van der Waals surface area contributed by atoms with E-state index >= 15 is 14.4 Å². The first kappa shape index (κ1) is 77.0. The van der Waals surface area contributed by atoms with E-state index in [1.807, 2.05) is 19.1 Å². The lowest BCUT2D eigenvalue weighted by atomic mass is 9.81. The minimum absolute atomic E-state index is 0.00874. The number of amides is 11. The topological polar surface area (TPSA) is 250 Å². The van der Waals surface area contributed by atoms with E-state index in [0.717, 1.165) is 54.6 Å². The molecule has 2 aromatic rings. The van der Waals surface area contributed by atoms with Crippen LogP contribution in [0.15, 0.2) is 42.5 Å². The molecular weight excluding hydrogens is 1370 g/mol. The molecule has 1 unspecified atom stereocenters. The quantitative estimate of drug-likeness (QED) is 0.193. The van der Waals surface area contributed by atoms with Gasteiger partial charge in [-0.2, -0.15) is 13.2 Å². The van der Waals surface area contributed by atoms with Crippen LogP contribution in [0.3, 0.4) is 0 Å². The Hall–Kier alpha value is -7.02. The van der Waals surface area contributed by atoms with Gasteiger partial charge in [-0.1, -0.05) is 82.2 Å². The second-order valence-corrected chi connectivity index (χ2v) is 28.0. The van der Waals surface area contributed by atoms with Crippen molar-refractivity contribution in [2.75, 3.05) is 75.5 Å². The number of nitrogens with zero attached hydrogens (tertiary/aromatic N) is 8. The molecule has 0 radical (unpaired) electrons. The molecule has 2 aliphatic heterocycles. The van der Waals surface area contributed by atoms with Gasteiger partial charge in [-0.3, -0.25) is 52.7 Å². The van der Waals surface area contributed by atoms with Gasteiger partial charge in [0.1, 0.15) is 41.8 Å². The number of alkyl halides is 3. The zero-order chi connectivity index (χ0) is 70.4. The average molecular weight is 1460 g/mol. The highest BCUT2D eigenvalue weighted by Crippen LogP contribution is 2.38. The van der Waals surface area contributed by atoms with Gasteiger partial charge in [0.2, 0.25) is 65.0 Å². The predicted molar refractivity (Wildman–Crippen MR) is 359 cm³/mol. The normalized spacial score (nSPS) is 25.4. The van der Waals surface area contributed by atoms with Crippen molar-refractivity contribution in [3.63, 3.8) is 0 Å². The van der Waals surface area contributed by atoms with Crippen molar-refractivity contribution in [3.05, 3.63) is 67.7 Å². The standard InChI is InChI=1S/C68H94ClF3IN11O11/c1-12-14-23-51-60(89)75-58(42(3)13-2)64(93)79(7)40-56(87)77(5)41-57(88)82(10)53(38-45-25-29-47(73)30-26-45)63(92)78(6)39-54(85)74-50(32-28-44-27-31-48(49(69)37-44)68(70,71)72)62(91)84-35-20-24-52(84)61(90)76-67(33-18-19-34-67)66(95)83(11)59(46-21-16-15-17-22-46)65(94)80(8)43(4)36-55(86)81(51)9/h1,25-27,29-31,37,42-43,46,50-53,58-59H,13-24,28,32-36,38-41H2,2-11H3,(H,74,85)(H,75,89)(H,76,90)/t42-,43+,50-,51-,52?,53-,58-,59-/m0/s1. The fraction of sp³-hybridized carbons (Fsp3) is 0.632. The van der Waals surface area contributed by atoms with Gasteiger partial charge < -0.3 is 55.1 Å². The Morgan fingerprint density at radius 2 is 1.28 bits per heavy atom. The Balaban J connectivity index is 1.40. The Kier molecular flexibility index (Phi) is 27.8. The van der Waals surface area contributed by atoms with Gasteiger partial charge in [0.15, 0.2) is 0 Å². The number of carbonyl (C=O) groups is 11. The van der Waals surface area contributed by atoms with Crippen LogP contribution in [0.1, 0.15) is 140 Å². The summed E-state index contributed by atoms with van der Waals surface area (Å²) in [7, 11) is 9.97. The van der Waals surface area contributed by atoms with Crippen molar-refractivity contribution in [3.8, 4) is 12.3 Å². The second-order valence-electron chi connectivity index (χ2n) is 26.3. The first-order chi connectivity index (χ1) is 44.7. The lowest BCUT2D eigenvalue weighted by Gasteiger charge is -2.43. The first-order valence-electron chi connectivity index (χ1n) is 32.8. The minimum Gasteiger partial charge on any atom is -0.343 e. The lowest BCUT2D eigenvalue weighted by molar-refractivity contribution is -0.153. The second kappa shape index (κ2) is 34.3. The Labute approximate surface area is 574 Å². The van der Waals surface area contributed by atoms with Crippen LogP contribution in [0.4, 0.5) is 13.2 Å². The summed E-state index contributed by atoms with van der Waals surface area (Å²) in [5.74, 6) is -5.33. The van der Waals surface area contributed by atoms with Crippen molar-refractivity contribution in [2.24, 2.45) is 11.8 Å². The van der Waals surface area contributed by atoms with E-state index in [9.17, 15) is 51.5 Å². The van der Waals surface area contributed by atoms with Gasteiger partial charge in [0.25, 0.3) is 0 Å². The molecule has 1 spiro atoms. The number of aryl methyl sites for hydroxylation is 1. The molecule has 95 heavy (non-hydrogen) atoms. The molecule has 4 aliphatic rings. The van der Waals surface area contributed by atoms with Crippen molar-refractivity contribution in [2.45, 2.75) is 190 Å². The molecule has 2 saturated carbocycles. The summed E-state index contributed by atoms with van der Waals surface area (Å²) in [5.41, 5.74) is -1.65. The van der Waals surface area contributed by atoms with Crippen LogP contribution in [0.5, 0.6) is 0 Å². The molecule has 522 valence electrons. The highest BCUT2D eigenvalue weighted by atomic mass is 127. The van der Waals surface area contributed by atoms with Gasteiger partial charge >= 0.3 is 6.18 Å². The number of nitrogens with one attached hydrogen (secondary N) is 3. The number of carbonyl (C=O) groups excluding carboxylic acids is 11. The third-order valence-electron chi connectivity index (χ3n) is 19.6. The zero-order valence-corrected chi connectivity index (χ0v) is 59.2. The monoisotopic (exact) mass is 1460 g/mol. The molecule has 8 atom stereocenters. The maximum atomic E-state index is 15.4. The van der Waals surface area contributed by atoms with E-state index in [1.54, 1.807) is 40.1 Å². The van der Waals surface area contributed by atoms with Gasteiger partial charge in [-0.25, -0.2) is 0 Å². The average Bonchev–Trinajstić information content (AvgIpc) is 1.74. The van der Waals surface area contributed by atoms with E-state index in [4.69, 9.17) is 18.0 Å². The summed E-state index contributed by atoms with van der Waals surface area (Å²) in [6.07, 6.45) is 6.61. The molecule has 11 amide bonds. The minimum atomic E-state index is -4.76. The van der Waals surface area contributed by atoms with E-state index < -0.39 is 155 Å². The van der Waals surface area contributed by atoms with Crippen molar-refractivity contribution in [1.82, 2.24) is 55.1 Å². The SMILES string of the molecule is C#CCC[C@H]1C(=O)N[C@@H]([C@@H](C)CC)C(=O)N(C)CC(=O)N(C)CC(=O)N(C)[C@@H](Cc2ccc(I)cc2)C(=O)N(C)CC(=O)N[C@@H](CCc2ccc(C(F)(F)F)c(Cl)c2)C(=O)N2CCCC2C(=O)NC2(CCCC2)C(=O)N(C)[C@@H](C2CCCCC2)C(=O)N(C)[C@H](C)CC(=O)N1C. The third kappa shape index (κ3) is 19.6. The van der Waals surface area contributed by atoms with E-state index in [1.165, 1.54) is 60.9 Å². The van der Waals surface area contributed by atoms with Crippen molar-refractivity contribution >= 4 is 99.2 Å². The molecule has 2 aliphatic carbocycles. The van der Waals surface area contributed by atoms with Gasteiger partial charge in [-0.15, -0.1) is 12.3 Å². The van der Waals surface area contributed by atoms with E-state index in [-0.39, 0.29) is 70.3 Å². The van der Waals surface area contributed by atoms with E-state index in [0.29, 0.717) is 49.7 Å². The molecule has 2 saturated heterocycles. The van der Waals surface area contributed by atoms with Crippen LogP contribution in [-0.4, -0.2) is 228 Å². The smallest absolute Gasteiger partial charge is 0.343 e. The molecule has 0 bridgehead atoms. The zero-order valence-electron chi connectivity index (χ0n) is 56.3. The van der Waals surface area contributed by atoms with Crippen LogP contribution in [0.25, 0.3) is 0 Å². The summed E-state index contributed by atoms with van der Waals surface area (Å²) in [4.78, 5) is 171. The van der Waals surface area contributed by atoms with Crippen LogP contribution in [0.2, 0.25) is 5.02 Å². The highest BCUT2D eigenvalue weighted by Gasteiger charge is 2.51. The molecule has 2 aromatic carbocycles. The number of hydrogen-bond acceptors (Lipinski definition) is 11. The molecule has 27 heteroatoms. The number of rotatable bonds is 10. The molecular formula is C68H94ClF3IN11O11. The Bertz CT molecular complexity index is 3180. The molecule has 3 N–H and O–H groups in total. The number of fused-ring (bicyclic) bond motifs is 1. The largest absolute Gasteiger partial charge is 0.417 e. The summed E-state index contributed by atoms with van der Waals surface area (Å²) < 4.78 is 42.3. The summed E-state index contributed by atoms with van der Waals surface area (Å²) in [6, 6.07) is 2.25. The molecule has 2 heterocycles. The summed E-state index contributed by atoms with van der Waals surface area (Å²) in [5, 5.41) is 8.07. The maximum absolute atomic E-state index is 15.4. The molecule has 4 fully saturated rings. The molecule has 22 nitrogen and oxygen atoms in total. The fourth-order valence-corrected chi connectivity index (χ4v) is 14.0. The summed E-state index contributed by atoms with van der Waals surface area (Å²) >= 11 is 8.25. The van der Waals surface area contributed by atoms with Crippen LogP contribution >= 0.6 is 34.2 Å². The Morgan fingerprint density at radius 1 is 0.674 bits per heavy atom. The van der Waals surface area contributed by atoms with Gasteiger partial charge in [0, 0.05) is 84.8 Å². The fourth-order valence-electron chi connectivity index (χ4n) is 13.3. The molecule has 6 rings (SSSR count). The van der Waals surface area contributed by atoms with Crippen molar-refractivity contribution < 1.29 is 65.9 Å². The molecule has 0 aromatic heterocycles. The summed E-state index contributed by atoms with van der Waals surface area (Å²) in [6.45, 7) is 3.52. The Morgan fingerprint density at radius 3 is 1.89 bits per heavy atom. The lowest BCUT2D eigenvalue weighted by Crippen LogP contribution is -2.65. The van der Waals surface area contributed by atoms with Gasteiger partial charge in [0.05, 0.1) is 30.2 Å². The number of terminal acetylenes is 1. The van der Waals surface area contributed by atoms with Crippen LogP contribution in [0, 0.1) is 27.7 Å². The van der Waals surface area contributed by atoms with Crippen molar-refractivity contribution in [1.29, 1.82) is 0 Å². The highest BCUT2D eigenvalue weighted by molar-refractivity contribution is 14.1. The first-order valence-corrected chi connectivity index (χ1v) is 34.3. The van der Waals surface area contributed by atoms with E-state index in [2.05, 4.69) is 44.5 Å². The predicted octanol–water partition coefficient (Wildman–Crippen LogP) is 5.67. The number of likely N-dealkylation sites (N-methyl/N-ethyl adjacent to an activating group) is 7. The number of halogens is 5. The van der Waals surface area contributed by atoms with Crippen LogP contribution < -0.4 is 16.0 Å². The third-order valence-corrected chi connectivity index (χ3v) is 20.7. The van der Waals surface area contributed by atoms with Crippen LogP contribution in [-0.2, 0) is 71.8 Å². The van der Waals surface area contributed by atoms with Gasteiger partial charge in [-0.05, 0) is 135 Å².